The van der Waals surface area contributed by atoms with Gasteiger partial charge in [0.25, 0.3) is 0 Å². The maximum atomic E-state index is 6.58. The lowest BCUT2D eigenvalue weighted by molar-refractivity contribution is 0.660. The van der Waals surface area contributed by atoms with Crippen molar-refractivity contribution in [2.24, 2.45) is 0 Å². The van der Waals surface area contributed by atoms with Gasteiger partial charge in [-0.25, -0.2) is 0 Å². The van der Waals surface area contributed by atoms with E-state index < -0.39 is 0 Å². The summed E-state index contributed by atoms with van der Waals surface area (Å²) in [7, 11) is 0. The molecule has 1 heterocycles. The minimum Gasteiger partial charge on any atom is -0.456 e. The topological polar surface area (TPSA) is 16.4 Å². The molecule has 0 fully saturated rings. The highest BCUT2D eigenvalue weighted by molar-refractivity contribution is 6.16. The first-order valence-electron chi connectivity index (χ1n) is 19.9. The Bertz CT molecular complexity index is 2940. The molecular formula is C54H41NO. The van der Waals surface area contributed by atoms with Crippen molar-refractivity contribution in [3.05, 3.63) is 210 Å². The molecule has 268 valence electrons. The number of anilines is 3. The molecule has 0 aliphatic heterocycles. The van der Waals surface area contributed by atoms with Crippen molar-refractivity contribution in [2.75, 3.05) is 4.90 Å². The van der Waals surface area contributed by atoms with Crippen molar-refractivity contribution in [2.45, 2.75) is 38.0 Å². The van der Waals surface area contributed by atoms with Crippen LogP contribution in [0.15, 0.2) is 186 Å². The Kier molecular flexibility index (Phi) is 7.44. The third-order valence-electron chi connectivity index (χ3n) is 12.5. The average Bonchev–Trinajstić information content (AvgIpc) is 3.66. The Morgan fingerprint density at radius 3 is 1.98 bits per heavy atom. The minimum absolute atomic E-state index is 0.0748. The van der Waals surface area contributed by atoms with Gasteiger partial charge in [-0.1, -0.05) is 147 Å². The lowest BCUT2D eigenvalue weighted by Crippen LogP contribution is -2.16. The fourth-order valence-corrected chi connectivity index (χ4v) is 9.88. The largest absolute Gasteiger partial charge is 0.456 e. The Balaban J connectivity index is 1.03. The molecule has 8 aromatic carbocycles. The Hall–Kier alpha value is -6.64. The van der Waals surface area contributed by atoms with Gasteiger partial charge in [-0.2, -0.15) is 0 Å². The Labute approximate surface area is 328 Å². The van der Waals surface area contributed by atoms with E-state index in [4.69, 9.17) is 4.42 Å². The molecule has 0 saturated carbocycles. The molecule has 0 radical (unpaired) electrons. The van der Waals surface area contributed by atoms with Crippen LogP contribution in [0.2, 0.25) is 0 Å². The predicted molar refractivity (Wildman–Crippen MR) is 233 cm³/mol. The van der Waals surface area contributed by atoms with E-state index in [0.29, 0.717) is 0 Å². The average molecular weight is 720 g/mol. The van der Waals surface area contributed by atoms with Crippen molar-refractivity contribution in [1.82, 2.24) is 0 Å². The van der Waals surface area contributed by atoms with Crippen molar-refractivity contribution in [1.29, 1.82) is 0 Å². The Morgan fingerprint density at radius 1 is 0.518 bits per heavy atom. The molecule has 2 aliphatic rings. The van der Waals surface area contributed by atoms with Crippen LogP contribution < -0.4 is 4.90 Å². The van der Waals surface area contributed by atoms with Crippen LogP contribution in [0.25, 0.3) is 55.3 Å². The summed E-state index contributed by atoms with van der Waals surface area (Å²) in [6, 6.07) is 66.9. The second-order valence-electron chi connectivity index (χ2n) is 16.0. The summed E-state index contributed by atoms with van der Waals surface area (Å²) >= 11 is 0. The first-order valence-corrected chi connectivity index (χ1v) is 19.9. The van der Waals surface area contributed by atoms with Gasteiger partial charge in [-0.3, -0.25) is 0 Å². The van der Waals surface area contributed by atoms with Gasteiger partial charge < -0.3 is 9.32 Å². The monoisotopic (exact) mass is 719 g/mol. The lowest BCUT2D eigenvalue weighted by atomic mass is 9.82. The number of furan rings is 1. The zero-order valence-corrected chi connectivity index (χ0v) is 31.7. The van der Waals surface area contributed by atoms with Crippen LogP contribution in [0.3, 0.4) is 0 Å². The van der Waals surface area contributed by atoms with Crippen LogP contribution in [0.5, 0.6) is 0 Å². The fraction of sp³-hybridized carbons (Fsp3) is 0.111. The zero-order valence-electron chi connectivity index (χ0n) is 31.7. The number of benzene rings is 8. The maximum Gasteiger partial charge on any atom is 0.136 e. The minimum atomic E-state index is -0.0748. The van der Waals surface area contributed by atoms with Gasteiger partial charge in [-0.15, -0.1) is 0 Å². The molecule has 1 aromatic heterocycles. The number of aryl methyl sites for hydroxylation is 1. The van der Waals surface area contributed by atoms with Gasteiger partial charge in [0.15, 0.2) is 0 Å². The summed E-state index contributed by atoms with van der Waals surface area (Å²) in [6.07, 6.45) is 1.96. The van der Waals surface area contributed by atoms with E-state index in [2.05, 4.69) is 201 Å². The zero-order chi connectivity index (χ0) is 37.4. The highest BCUT2D eigenvalue weighted by atomic mass is 16.3. The van der Waals surface area contributed by atoms with Crippen LogP contribution in [0, 0.1) is 0 Å². The van der Waals surface area contributed by atoms with Crippen LogP contribution in [0.4, 0.5) is 17.1 Å². The molecule has 0 N–H and O–H groups in total. The Morgan fingerprint density at radius 2 is 1.16 bits per heavy atom. The van der Waals surface area contributed by atoms with E-state index in [0.717, 1.165) is 40.8 Å². The van der Waals surface area contributed by atoms with Gasteiger partial charge in [-0.05, 0) is 117 Å². The van der Waals surface area contributed by atoms with Crippen molar-refractivity contribution in [3.63, 3.8) is 0 Å². The third kappa shape index (κ3) is 5.02. The first kappa shape index (κ1) is 32.8. The van der Waals surface area contributed by atoms with Crippen molar-refractivity contribution >= 4 is 39.0 Å². The molecule has 56 heavy (non-hydrogen) atoms. The third-order valence-corrected chi connectivity index (χ3v) is 12.5. The molecule has 1 unspecified atom stereocenters. The van der Waals surface area contributed by atoms with Crippen molar-refractivity contribution in [3.8, 4) is 33.4 Å². The summed E-state index contributed by atoms with van der Waals surface area (Å²) < 4.78 is 6.58. The molecule has 0 saturated heterocycles. The molecule has 2 heteroatoms. The van der Waals surface area contributed by atoms with Crippen LogP contribution >= 0.6 is 0 Å². The number of para-hydroxylation sites is 2. The van der Waals surface area contributed by atoms with E-state index >= 15 is 0 Å². The summed E-state index contributed by atoms with van der Waals surface area (Å²) in [5.74, 6) is 0.240. The highest BCUT2D eigenvalue weighted by Gasteiger charge is 2.36. The number of fused-ring (bicyclic) bond motifs is 9. The molecule has 9 aromatic rings. The first-order chi connectivity index (χ1) is 27.5. The number of hydrogen-bond acceptors (Lipinski definition) is 2. The molecule has 2 aliphatic carbocycles. The second kappa shape index (κ2) is 12.7. The quantitative estimate of drug-likeness (QED) is 0.176. The van der Waals surface area contributed by atoms with Gasteiger partial charge in [0.05, 0.1) is 0 Å². The molecule has 0 bridgehead atoms. The second-order valence-corrected chi connectivity index (χ2v) is 16.0. The van der Waals surface area contributed by atoms with Crippen LogP contribution in [-0.4, -0.2) is 0 Å². The van der Waals surface area contributed by atoms with E-state index in [1.165, 1.54) is 72.3 Å². The summed E-state index contributed by atoms with van der Waals surface area (Å²) in [5.41, 5.74) is 19.9. The number of rotatable bonds is 5. The molecule has 2 nitrogen and oxygen atoms in total. The van der Waals surface area contributed by atoms with Crippen LogP contribution in [-0.2, 0) is 11.8 Å². The number of nitrogens with zero attached hydrogens (tertiary/aromatic N) is 1. The molecule has 0 amide bonds. The molecule has 1 atom stereocenters. The van der Waals surface area contributed by atoms with E-state index in [1.54, 1.807) is 0 Å². The molecule has 11 rings (SSSR count). The van der Waals surface area contributed by atoms with Crippen LogP contribution in [0.1, 0.15) is 54.0 Å². The van der Waals surface area contributed by atoms with E-state index in [-0.39, 0.29) is 11.3 Å². The smallest absolute Gasteiger partial charge is 0.136 e. The normalized spacial score (nSPS) is 15.1. The SMILES string of the molecule is CC1(C)c2ccccc2-c2ccc(N(c3ccccc3)c3ccc(C4CCc5cc6oc7ccccc7c6c(-c6ccccc6)c5-c5ccccc54)cc3)cc21. The summed E-state index contributed by atoms with van der Waals surface area (Å²) in [4.78, 5) is 2.41. The molecule has 0 spiro atoms. The van der Waals surface area contributed by atoms with Gasteiger partial charge in [0.2, 0.25) is 0 Å². The molecular weight excluding hydrogens is 679 g/mol. The fourth-order valence-electron chi connectivity index (χ4n) is 9.88. The van der Waals surface area contributed by atoms with E-state index in [1.807, 2.05) is 0 Å². The van der Waals surface area contributed by atoms with E-state index in [9.17, 15) is 0 Å². The van der Waals surface area contributed by atoms with Gasteiger partial charge in [0, 0.05) is 44.7 Å². The standard InChI is InChI=1S/C54H41NO/c1-54(2)47-23-13-11-20-43(47)44-32-30-40(34-48(44)54)55(38-17-7-4-8-18-38)39-28-25-35(26-29-39)41-31-27-37-33-50-53(46-22-12-14-24-49(46)56-50)52(36-15-5-3-6-16-36)51(37)45-21-10-9-19-42(41)45/h3-26,28-30,32-34,41H,27,31H2,1-2H3. The maximum absolute atomic E-state index is 6.58. The number of hydrogen-bond donors (Lipinski definition) is 0. The van der Waals surface area contributed by atoms with Crippen molar-refractivity contribution < 1.29 is 4.42 Å². The predicted octanol–water partition coefficient (Wildman–Crippen LogP) is 14.8. The summed E-state index contributed by atoms with van der Waals surface area (Å²) in [5, 5.41) is 2.36. The highest BCUT2D eigenvalue weighted by Crippen LogP contribution is 2.52. The lowest BCUT2D eigenvalue weighted by Gasteiger charge is -2.28. The van der Waals surface area contributed by atoms with Gasteiger partial charge in [0.1, 0.15) is 11.2 Å². The van der Waals surface area contributed by atoms with Gasteiger partial charge >= 0.3 is 0 Å². The summed E-state index contributed by atoms with van der Waals surface area (Å²) in [6.45, 7) is 4.71.